The molecule has 104 valence electrons. The average Bonchev–Trinajstić information content (AvgIpc) is 2.41. The number of ketones is 1. The van der Waals surface area contributed by atoms with Gasteiger partial charge in [0.2, 0.25) is 0 Å². The highest BCUT2D eigenvalue weighted by atomic mass is 19.1. The number of hydrogen-bond donors (Lipinski definition) is 0. The second kappa shape index (κ2) is 6.66. The highest BCUT2D eigenvalue weighted by Crippen LogP contribution is 2.21. The Morgan fingerprint density at radius 2 is 2.05 bits per heavy atom. The number of carbonyl (C=O) groups excluding carboxylic acids is 1. The molecular formula is C15H20FNO2. The molecule has 0 saturated carbocycles. The van der Waals surface area contributed by atoms with Crippen molar-refractivity contribution in [3.63, 3.8) is 0 Å². The van der Waals surface area contributed by atoms with E-state index in [-0.39, 0.29) is 5.82 Å². The lowest BCUT2D eigenvalue weighted by atomic mass is 10.1. The fourth-order valence-electron chi connectivity index (χ4n) is 2.46. The molecule has 0 spiro atoms. The van der Waals surface area contributed by atoms with Crippen LogP contribution >= 0.6 is 0 Å². The van der Waals surface area contributed by atoms with Crippen LogP contribution in [0.3, 0.4) is 0 Å². The van der Waals surface area contributed by atoms with E-state index < -0.39 is 0 Å². The molecule has 2 rings (SSSR count). The number of ether oxygens (including phenoxy) is 1. The van der Waals surface area contributed by atoms with Gasteiger partial charge in [-0.25, -0.2) is 4.39 Å². The molecule has 0 aliphatic carbocycles. The molecule has 0 bridgehead atoms. The van der Waals surface area contributed by atoms with Gasteiger partial charge in [-0.3, -0.25) is 4.79 Å². The molecule has 0 aromatic heterocycles. The number of benzene rings is 1. The van der Waals surface area contributed by atoms with Crippen LogP contribution < -0.4 is 4.74 Å². The third-order valence-corrected chi connectivity index (χ3v) is 3.58. The second-order valence-corrected chi connectivity index (χ2v) is 4.94. The van der Waals surface area contributed by atoms with Crippen LogP contribution in [0.1, 0.15) is 24.8 Å². The summed E-state index contributed by atoms with van der Waals surface area (Å²) >= 11 is 0. The largest absolute Gasteiger partial charge is 0.496 e. The summed E-state index contributed by atoms with van der Waals surface area (Å²) in [6.45, 7) is 2.67. The van der Waals surface area contributed by atoms with Crippen molar-refractivity contribution < 1.29 is 13.9 Å². The van der Waals surface area contributed by atoms with Gasteiger partial charge in [0.05, 0.1) is 7.11 Å². The van der Waals surface area contributed by atoms with Crippen molar-refractivity contribution >= 4 is 5.78 Å². The van der Waals surface area contributed by atoms with E-state index in [0.717, 1.165) is 43.8 Å². The molecule has 1 aromatic rings. The fourth-order valence-corrected chi connectivity index (χ4v) is 2.46. The first-order valence-electron chi connectivity index (χ1n) is 6.75. The molecule has 1 aromatic carbocycles. The summed E-state index contributed by atoms with van der Waals surface area (Å²) in [6, 6.07) is 4.63. The number of aryl methyl sites for hydroxylation is 1. The molecule has 0 amide bonds. The average molecular weight is 265 g/mol. The van der Waals surface area contributed by atoms with Gasteiger partial charge in [0.1, 0.15) is 17.3 Å². The quantitative estimate of drug-likeness (QED) is 0.819. The van der Waals surface area contributed by atoms with Crippen molar-refractivity contribution in [2.75, 3.05) is 26.7 Å². The molecule has 3 nitrogen and oxygen atoms in total. The molecule has 0 atom stereocenters. The highest BCUT2D eigenvalue weighted by Gasteiger charge is 2.15. The van der Waals surface area contributed by atoms with Gasteiger partial charge in [-0.05, 0) is 43.1 Å². The Balaban J connectivity index is 1.82. The third kappa shape index (κ3) is 4.03. The summed E-state index contributed by atoms with van der Waals surface area (Å²) < 4.78 is 18.4. The van der Waals surface area contributed by atoms with Crippen LogP contribution in [0.15, 0.2) is 18.2 Å². The van der Waals surface area contributed by atoms with Gasteiger partial charge in [-0.2, -0.15) is 0 Å². The maximum absolute atomic E-state index is 13.2. The minimum Gasteiger partial charge on any atom is -0.496 e. The molecular weight excluding hydrogens is 245 g/mol. The van der Waals surface area contributed by atoms with Crippen LogP contribution in [0.2, 0.25) is 0 Å². The topological polar surface area (TPSA) is 29.5 Å². The molecule has 0 unspecified atom stereocenters. The van der Waals surface area contributed by atoms with E-state index in [2.05, 4.69) is 4.90 Å². The van der Waals surface area contributed by atoms with Crippen molar-refractivity contribution in [3.05, 3.63) is 29.6 Å². The fraction of sp³-hybridized carbons (Fsp3) is 0.533. The van der Waals surface area contributed by atoms with Crippen molar-refractivity contribution in [1.82, 2.24) is 4.90 Å². The first kappa shape index (κ1) is 14.0. The van der Waals surface area contributed by atoms with Gasteiger partial charge in [-0.1, -0.05) is 0 Å². The van der Waals surface area contributed by atoms with E-state index >= 15 is 0 Å². The first-order chi connectivity index (χ1) is 9.19. The van der Waals surface area contributed by atoms with Crippen LogP contribution in [-0.4, -0.2) is 37.4 Å². The summed E-state index contributed by atoms with van der Waals surface area (Å²) in [5.41, 5.74) is 0.913. The summed E-state index contributed by atoms with van der Waals surface area (Å²) in [5, 5.41) is 0. The Morgan fingerprint density at radius 3 is 2.74 bits per heavy atom. The zero-order valence-corrected chi connectivity index (χ0v) is 11.3. The summed E-state index contributed by atoms with van der Waals surface area (Å²) in [6.07, 6.45) is 3.09. The molecule has 4 heteroatoms. The lowest BCUT2D eigenvalue weighted by molar-refractivity contribution is -0.121. The number of nitrogens with zero attached hydrogens (tertiary/aromatic N) is 1. The molecule has 0 radical (unpaired) electrons. The smallest absolute Gasteiger partial charge is 0.135 e. The van der Waals surface area contributed by atoms with Gasteiger partial charge in [0.25, 0.3) is 0 Å². The molecule has 1 fully saturated rings. The Kier molecular flexibility index (Phi) is 4.91. The zero-order chi connectivity index (χ0) is 13.7. The van der Waals surface area contributed by atoms with E-state index in [1.807, 2.05) is 0 Å². The van der Waals surface area contributed by atoms with Gasteiger partial charge in [-0.15, -0.1) is 0 Å². The third-order valence-electron chi connectivity index (χ3n) is 3.58. The molecule has 1 aliphatic rings. The number of methoxy groups -OCH3 is 1. The number of carbonyl (C=O) groups is 1. The molecule has 19 heavy (non-hydrogen) atoms. The monoisotopic (exact) mass is 265 g/mol. The minimum atomic E-state index is -0.223. The predicted molar refractivity (Wildman–Crippen MR) is 72.0 cm³/mol. The van der Waals surface area contributed by atoms with Crippen LogP contribution in [0.4, 0.5) is 4.39 Å². The summed E-state index contributed by atoms with van der Waals surface area (Å²) in [4.78, 5) is 13.4. The number of Topliss-reactive ketones (excluding diaryl/α,β-unsaturated/α-hetero) is 1. The van der Waals surface area contributed by atoms with Gasteiger partial charge >= 0.3 is 0 Å². The summed E-state index contributed by atoms with van der Waals surface area (Å²) in [5.74, 6) is 0.887. The Hall–Kier alpha value is -1.42. The van der Waals surface area contributed by atoms with E-state index in [1.54, 1.807) is 19.2 Å². The maximum atomic E-state index is 13.2. The highest BCUT2D eigenvalue weighted by molar-refractivity contribution is 5.79. The van der Waals surface area contributed by atoms with E-state index in [9.17, 15) is 9.18 Å². The molecule has 1 aliphatic heterocycles. The van der Waals surface area contributed by atoms with Gasteiger partial charge < -0.3 is 9.64 Å². The first-order valence-corrected chi connectivity index (χ1v) is 6.75. The molecule has 1 saturated heterocycles. The van der Waals surface area contributed by atoms with Gasteiger partial charge in [0, 0.05) is 25.9 Å². The second-order valence-electron chi connectivity index (χ2n) is 4.94. The summed E-state index contributed by atoms with van der Waals surface area (Å²) in [7, 11) is 1.60. The normalized spacial score (nSPS) is 16.6. The zero-order valence-electron chi connectivity index (χ0n) is 11.3. The van der Waals surface area contributed by atoms with E-state index in [4.69, 9.17) is 4.74 Å². The lowest BCUT2D eigenvalue weighted by Crippen LogP contribution is -2.34. The number of likely N-dealkylation sites (tertiary alicyclic amines) is 1. The van der Waals surface area contributed by atoms with Crippen LogP contribution in [0.5, 0.6) is 5.75 Å². The van der Waals surface area contributed by atoms with Crippen molar-refractivity contribution in [2.24, 2.45) is 0 Å². The van der Waals surface area contributed by atoms with Gasteiger partial charge in [0.15, 0.2) is 0 Å². The Labute approximate surface area is 113 Å². The van der Waals surface area contributed by atoms with Crippen LogP contribution in [0.25, 0.3) is 0 Å². The SMILES string of the molecule is COc1ccc(F)cc1CCCN1CCC(=O)CC1. The molecule has 0 N–H and O–H groups in total. The number of hydrogen-bond acceptors (Lipinski definition) is 3. The van der Waals surface area contributed by atoms with Crippen molar-refractivity contribution in [1.29, 1.82) is 0 Å². The van der Waals surface area contributed by atoms with Crippen molar-refractivity contribution in [2.45, 2.75) is 25.7 Å². The molecule has 1 heterocycles. The number of piperidine rings is 1. The predicted octanol–water partition coefficient (Wildman–Crippen LogP) is 2.43. The van der Waals surface area contributed by atoms with Crippen molar-refractivity contribution in [3.8, 4) is 5.75 Å². The van der Waals surface area contributed by atoms with E-state index in [0.29, 0.717) is 18.6 Å². The van der Waals surface area contributed by atoms with E-state index in [1.165, 1.54) is 6.07 Å². The standard InChI is InChI=1S/C15H20FNO2/c1-19-15-5-4-13(16)11-12(15)3-2-8-17-9-6-14(18)7-10-17/h4-5,11H,2-3,6-10H2,1H3. The number of rotatable bonds is 5. The van der Waals surface area contributed by atoms with Crippen LogP contribution in [-0.2, 0) is 11.2 Å². The lowest BCUT2D eigenvalue weighted by Gasteiger charge is -2.25. The maximum Gasteiger partial charge on any atom is 0.135 e. The van der Waals surface area contributed by atoms with Crippen LogP contribution in [0, 0.1) is 5.82 Å². The number of halogens is 1. The Morgan fingerprint density at radius 1 is 1.32 bits per heavy atom. The minimum absolute atomic E-state index is 0.223. The Bertz CT molecular complexity index is 438.